The minimum Gasteiger partial charge on any atom is -0.459 e. The number of carbonyl (C=O) groups excluding carboxylic acids is 3. The standard InChI is InChI=1S/C18H28F2O3.C17H26F2O3.C16H24F2O3/c1-3-4-5-18(22)13-7-11-6-12(9-13)15(14(18)8-11)16(21)23-10-17(2,19)20;1-3-4-17(21)12-6-10-5-11(8-12)14(13(17)7-10)15(20)22-9-16(2,18)19;1-3-16(20)11-5-9-4-10(7-11)13(12(16)6-9)14(19)21-8-15(2,17)18/h11-15,22H,3-10H2,1-2H3;10-14,21H,3-9H2,1-2H3;9-13,20H,3-8H2,1-2H3. The molecule has 0 amide bonds. The Labute approximate surface area is 387 Å². The second kappa shape index (κ2) is 19.2. The van der Waals surface area contributed by atoms with Gasteiger partial charge in [-0.25, -0.2) is 26.3 Å². The Morgan fingerprint density at radius 3 is 1.09 bits per heavy atom. The van der Waals surface area contributed by atoms with Crippen LogP contribution >= 0.6 is 0 Å². The van der Waals surface area contributed by atoms with Gasteiger partial charge in [0.25, 0.3) is 17.8 Å². The van der Waals surface area contributed by atoms with Crippen molar-refractivity contribution >= 4 is 17.9 Å². The van der Waals surface area contributed by atoms with Crippen molar-refractivity contribution in [1.82, 2.24) is 0 Å². The minimum absolute atomic E-state index is 0.108. The first-order valence-corrected chi connectivity index (χ1v) is 25.5. The molecule has 0 spiro atoms. The van der Waals surface area contributed by atoms with Crippen molar-refractivity contribution in [2.75, 3.05) is 19.8 Å². The molecule has 0 aromatic rings. The minimum atomic E-state index is -3.00. The van der Waals surface area contributed by atoms with Gasteiger partial charge in [0.05, 0.1) is 34.6 Å². The van der Waals surface area contributed by atoms with Crippen molar-refractivity contribution < 1.29 is 70.3 Å². The summed E-state index contributed by atoms with van der Waals surface area (Å²) in [6, 6.07) is 0. The Morgan fingerprint density at radius 1 is 0.470 bits per heavy atom. The van der Waals surface area contributed by atoms with Crippen LogP contribution in [0, 0.1) is 88.8 Å². The summed E-state index contributed by atoms with van der Waals surface area (Å²) >= 11 is 0. The number of alkyl halides is 6. The Kier molecular flexibility index (Phi) is 15.1. The van der Waals surface area contributed by atoms with Crippen LogP contribution in [0.1, 0.15) is 157 Å². The third-order valence-electron chi connectivity index (χ3n) is 18.5. The summed E-state index contributed by atoms with van der Waals surface area (Å²) in [7, 11) is 0. The van der Waals surface area contributed by atoms with Crippen LogP contribution in [0.4, 0.5) is 26.3 Å². The Hall–Kier alpha value is -2.13. The molecule has 15 heteroatoms. The van der Waals surface area contributed by atoms with Gasteiger partial charge in [0.1, 0.15) is 0 Å². The van der Waals surface area contributed by atoms with Crippen LogP contribution in [0.5, 0.6) is 0 Å². The number of halogens is 6. The first-order chi connectivity index (χ1) is 30.7. The van der Waals surface area contributed by atoms with Gasteiger partial charge in [-0.15, -0.1) is 0 Å². The van der Waals surface area contributed by atoms with E-state index in [1.54, 1.807) is 0 Å². The molecule has 12 bridgehead atoms. The van der Waals surface area contributed by atoms with Gasteiger partial charge >= 0.3 is 17.9 Å². The average molecular weight is 949 g/mol. The SMILES string of the molecule is CCC1(O)C2CC3CC(C2)C(C(=O)OCC(C)(F)F)C1C3.CCCC1(O)C2CC3CC(C2)C(C(=O)OCC(C)(F)F)C1C3.CCCCC1(O)C2CC3CC(C2)C(C(=O)OCC(C)(F)F)C1C3. The van der Waals surface area contributed by atoms with Crippen LogP contribution in [-0.2, 0) is 28.6 Å². The molecule has 18 unspecified atom stereocenters. The zero-order valence-corrected chi connectivity index (χ0v) is 40.1. The number of carbonyl (C=O) groups is 3. The monoisotopic (exact) mass is 949 g/mol. The number of ether oxygens (including phenoxy) is 3. The van der Waals surface area contributed by atoms with Crippen LogP contribution in [0.2, 0.25) is 0 Å². The Morgan fingerprint density at radius 2 is 0.788 bits per heavy atom. The smallest absolute Gasteiger partial charge is 0.309 e. The van der Waals surface area contributed by atoms with E-state index >= 15 is 0 Å². The molecule has 378 valence electrons. The molecule has 0 aromatic heterocycles. The zero-order valence-electron chi connectivity index (χ0n) is 40.1. The first kappa shape index (κ1) is 51.7. The van der Waals surface area contributed by atoms with Gasteiger partial charge < -0.3 is 29.5 Å². The molecule has 12 rings (SSSR count). The molecule has 0 heterocycles. The fourth-order valence-electron chi connectivity index (χ4n) is 16.2. The largest absolute Gasteiger partial charge is 0.459 e. The number of rotatable bonds is 15. The Bertz CT molecular complexity index is 1730. The summed E-state index contributed by atoms with van der Waals surface area (Å²) < 4.78 is 92.4. The van der Waals surface area contributed by atoms with E-state index in [4.69, 9.17) is 14.2 Å². The molecule has 12 saturated carbocycles. The second-order valence-electron chi connectivity index (χ2n) is 23.4. The molecule has 66 heavy (non-hydrogen) atoms. The number of hydrogen-bond acceptors (Lipinski definition) is 9. The van der Waals surface area contributed by atoms with Gasteiger partial charge in [0.2, 0.25) is 0 Å². The highest BCUT2D eigenvalue weighted by Gasteiger charge is 2.65. The molecular weight excluding hydrogens is 871 g/mol. The van der Waals surface area contributed by atoms with Crippen LogP contribution in [0.15, 0.2) is 0 Å². The molecule has 9 nitrogen and oxygen atoms in total. The maximum absolute atomic E-state index is 13.0. The van der Waals surface area contributed by atoms with Crippen LogP contribution in [0.25, 0.3) is 0 Å². The van der Waals surface area contributed by atoms with Gasteiger partial charge in [0.15, 0.2) is 19.8 Å². The van der Waals surface area contributed by atoms with E-state index in [9.17, 15) is 56.0 Å². The molecule has 3 N–H and O–H groups in total. The van der Waals surface area contributed by atoms with Gasteiger partial charge in [0, 0.05) is 38.5 Å². The highest BCUT2D eigenvalue weighted by molar-refractivity contribution is 5.75. The highest BCUT2D eigenvalue weighted by atomic mass is 19.3. The van der Waals surface area contributed by atoms with E-state index in [0.717, 1.165) is 117 Å². The van der Waals surface area contributed by atoms with E-state index in [1.807, 2.05) is 13.8 Å². The first-order valence-electron chi connectivity index (χ1n) is 25.5. The van der Waals surface area contributed by atoms with Crippen LogP contribution in [0.3, 0.4) is 0 Å². The predicted molar refractivity (Wildman–Crippen MR) is 232 cm³/mol. The zero-order chi connectivity index (χ0) is 48.4. The number of aliphatic hydroxyl groups is 3. The molecule has 18 atom stereocenters. The molecule has 0 radical (unpaired) electrons. The van der Waals surface area contributed by atoms with Crippen molar-refractivity contribution in [3.63, 3.8) is 0 Å². The lowest BCUT2D eigenvalue weighted by Crippen LogP contribution is -2.63. The van der Waals surface area contributed by atoms with Crippen LogP contribution in [-0.4, -0.2) is 87.6 Å². The van der Waals surface area contributed by atoms with Crippen molar-refractivity contribution in [1.29, 1.82) is 0 Å². The third kappa shape index (κ3) is 10.5. The summed E-state index contributed by atoms with van der Waals surface area (Å²) in [4.78, 5) is 37.2. The van der Waals surface area contributed by atoms with Gasteiger partial charge in [-0.05, 0) is 150 Å². The summed E-state index contributed by atoms with van der Waals surface area (Å²) in [5.74, 6) is -8.91. The average Bonchev–Trinajstić information content (AvgIpc) is 3.23. The number of hydrogen-bond donors (Lipinski definition) is 3. The van der Waals surface area contributed by atoms with E-state index in [1.165, 1.54) is 0 Å². The number of unbranched alkanes of at least 4 members (excludes halogenated alkanes) is 1. The summed E-state index contributed by atoms with van der Waals surface area (Å²) in [5, 5.41) is 33.5. The van der Waals surface area contributed by atoms with E-state index in [-0.39, 0.29) is 53.3 Å². The molecule has 12 aliphatic rings. The third-order valence-corrected chi connectivity index (χ3v) is 18.5. The van der Waals surface area contributed by atoms with Gasteiger partial charge in [-0.3, -0.25) is 14.4 Å². The topological polar surface area (TPSA) is 140 Å². The fourth-order valence-corrected chi connectivity index (χ4v) is 16.2. The lowest BCUT2D eigenvalue weighted by atomic mass is 9.45. The second-order valence-corrected chi connectivity index (χ2v) is 23.4. The van der Waals surface area contributed by atoms with Gasteiger partial charge in [-0.2, -0.15) is 0 Å². The van der Waals surface area contributed by atoms with Gasteiger partial charge in [-0.1, -0.05) is 40.0 Å². The molecule has 12 fully saturated rings. The number of esters is 3. The molecular formula is C51H78F6O9. The molecule has 0 aliphatic heterocycles. The van der Waals surface area contributed by atoms with E-state index in [2.05, 4.69) is 6.92 Å². The molecule has 0 saturated heterocycles. The Balaban J connectivity index is 0.000000147. The van der Waals surface area contributed by atoms with Crippen molar-refractivity contribution in [3.05, 3.63) is 0 Å². The van der Waals surface area contributed by atoms with Crippen molar-refractivity contribution in [2.24, 2.45) is 88.8 Å². The lowest BCUT2D eigenvalue weighted by molar-refractivity contribution is -0.218. The highest BCUT2D eigenvalue weighted by Crippen LogP contribution is 2.65. The maximum atomic E-state index is 13.0. The summed E-state index contributed by atoms with van der Waals surface area (Å²) in [6.07, 6.45) is 16.0. The summed E-state index contributed by atoms with van der Waals surface area (Å²) in [6.45, 7) is 5.76. The molecule has 0 aromatic carbocycles. The normalized spacial score (nSPS) is 43.4. The van der Waals surface area contributed by atoms with Crippen molar-refractivity contribution in [3.8, 4) is 0 Å². The quantitative estimate of drug-likeness (QED) is 0.0832. The summed E-state index contributed by atoms with van der Waals surface area (Å²) in [5.41, 5.74) is -2.42. The van der Waals surface area contributed by atoms with E-state index in [0.29, 0.717) is 37.0 Å². The molecule has 12 aliphatic carbocycles. The lowest BCUT2D eigenvalue weighted by Gasteiger charge is -2.61. The predicted octanol–water partition coefficient (Wildman–Crippen LogP) is 10.2. The fraction of sp³-hybridized carbons (Fsp3) is 0.941. The van der Waals surface area contributed by atoms with E-state index < -0.39 is 90.1 Å². The maximum Gasteiger partial charge on any atom is 0.309 e. The van der Waals surface area contributed by atoms with Crippen molar-refractivity contribution in [2.45, 2.75) is 192 Å². The van der Waals surface area contributed by atoms with Crippen LogP contribution < -0.4 is 0 Å².